The molecule has 62 valence electrons. The lowest BCUT2D eigenvalue weighted by Crippen LogP contribution is -1.97. The van der Waals surface area contributed by atoms with Crippen LogP contribution in [0.5, 0.6) is 0 Å². The van der Waals surface area contributed by atoms with Gasteiger partial charge in [-0.1, -0.05) is 12.1 Å². The standard InChI is InChI=1S/C8H13NO2/c1-3-7-6-11-9-8(7)4-5-10-2/h6H,3-5H2,1-2H3. The molecule has 0 aliphatic rings. The Morgan fingerprint density at radius 1 is 1.64 bits per heavy atom. The molecule has 3 nitrogen and oxygen atoms in total. The van der Waals surface area contributed by atoms with Gasteiger partial charge in [0.05, 0.1) is 12.3 Å². The van der Waals surface area contributed by atoms with Crippen LogP contribution in [-0.4, -0.2) is 18.9 Å². The lowest BCUT2D eigenvalue weighted by Gasteiger charge is -1.95. The Bertz CT molecular complexity index is 208. The molecule has 1 rings (SSSR count). The van der Waals surface area contributed by atoms with Crippen molar-refractivity contribution in [2.75, 3.05) is 13.7 Å². The van der Waals surface area contributed by atoms with E-state index in [1.54, 1.807) is 13.4 Å². The fourth-order valence-corrected chi connectivity index (χ4v) is 0.973. The first-order chi connectivity index (χ1) is 5.38. The Morgan fingerprint density at radius 3 is 3.09 bits per heavy atom. The smallest absolute Gasteiger partial charge is 0.127 e. The maximum Gasteiger partial charge on any atom is 0.127 e. The van der Waals surface area contributed by atoms with Crippen LogP contribution in [0.25, 0.3) is 0 Å². The van der Waals surface area contributed by atoms with Gasteiger partial charge in [0, 0.05) is 19.1 Å². The monoisotopic (exact) mass is 155 g/mol. The van der Waals surface area contributed by atoms with E-state index in [1.165, 1.54) is 5.56 Å². The van der Waals surface area contributed by atoms with E-state index in [2.05, 4.69) is 12.1 Å². The number of hydrogen-bond donors (Lipinski definition) is 0. The third-order valence-electron chi connectivity index (χ3n) is 1.65. The summed E-state index contributed by atoms with van der Waals surface area (Å²) in [7, 11) is 1.69. The summed E-state index contributed by atoms with van der Waals surface area (Å²) in [5.41, 5.74) is 2.21. The zero-order chi connectivity index (χ0) is 8.10. The second kappa shape index (κ2) is 4.13. The maximum atomic E-state index is 4.93. The van der Waals surface area contributed by atoms with E-state index in [1.807, 2.05) is 0 Å². The van der Waals surface area contributed by atoms with Gasteiger partial charge in [-0.3, -0.25) is 0 Å². The molecule has 0 saturated heterocycles. The minimum absolute atomic E-state index is 0.708. The Morgan fingerprint density at radius 2 is 2.45 bits per heavy atom. The molecular formula is C8H13NO2. The molecule has 0 N–H and O–H groups in total. The number of ether oxygens (including phenoxy) is 1. The van der Waals surface area contributed by atoms with Crippen LogP contribution in [0.3, 0.4) is 0 Å². The van der Waals surface area contributed by atoms with Crippen molar-refractivity contribution in [1.29, 1.82) is 0 Å². The molecule has 0 fully saturated rings. The van der Waals surface area contributed by atoms with Crippen LogP contribution >= 0.6 is 0 Å². The molecule has 0 bridgehead atoms. The summed E-state index contributed by atoms with van der Waals surface area (Å²) in [6.07, 6.45) is 3.52. The zero-order valence-corrected chi connectivity index (χ0v) is 6.96. The molecular weight excluding hydrogens is 142 g/mol. The molecule has 0 radical (unpaired) electrons. The van der Waals surface area contributed by atoms with Crippen LogP contribution in [0.15, 0.2) is 10.8 Å². The van der Waals surface area contributed by atoms with Crippen molar-refractivity contribution < 1.29 is 9.26 Å². The van der Waals surface area contributed by atoms with Gasteiger partial charge in [0.25, 0.3) is 0 Å². The van der Waals surface area contributed by atoms with E-state index in [-0.39, 0.29) is 0 Å². The van der Waals surface area contributed by atoms with Crippen LogP contribution in [0.1, 0.15) is 18.2 Å². The molecule has 11 heavy (non-hydrogen) atoms. The van der Waals surface area contributed by atoms with E-state index >= 15 is 0 Å². The molecule has 1 heterocycles. The van der Waals surface area contributed by atoms with Crippen LogP contribution in [0.4, 0.5) is 0 Å². The van der Waals surface area contributed by atoms with Crippen molar-refractivity contribution in [3.05, 3.63) is 17.5 Å². The number of aryl methyl sites for hydroxylation is 1. The molecule has 0 aliphatic carbocycles. The number of nitrogens with zero attached hydrogens (tertiary/aromatic N) is 1. The first kappa shape index (κ1) is 8.27. The second-order valence-corrected chi connectivity index (χ2v) is 2.38. The molecule has 0 aromatic carbocycles. The summed E-state index contributed by atoms with van der Waals surface area (Å²) >= 11 is 0. The summed E-state index contributed by atoms with van der Waals surface area (Å²) in [4.78, 5) is 0. The number of aromatic nitrogens is 1. The van der Waals surface area contributed by atoms with E-state index in [9.17, 15) is 0 Å². The Balaban J connectivity index is 2.54. The second-order valence-electron chi connectivity index (χ2n) is 2.38. The van der Waals surface area contributed by atoms with Crippen molar-refractivity contribution in [2.24, 2.45) is 0 Å². The predicted molar refractivity (Wildman–Crippen MR) is 41.5 cm³/mol. The highest BCUT2D eigenvalue weighted by Gasteiger charge is 2.03. The van der Waals surface area contributed by atoms with Gasteiger partial charge < -0.3 is 9.26 Å². The number of methoxy groups -OCH3 is 1. The first-order valence-electron chi connectivity index (χ1n) is 3.79. The molecule has 1 aromatic rings. The van der Waals surface area contributed by atoms with E-state index in [4.69, 9.17) is 9.26 Å². The van der Waals surface area contributed by atoms with E-state index in [0.717, 1.165) is 18.5 Å². The molecule has 0 aliphatic heterocycles. The Kier molecular flexibility index (Phi) is 3.11. The zero-order valence-electron chi connectivity index (χ0n) is 6.96. The van der Waals surface area contributed by atoms with Gasteiger partial charge in [0.2, 0.25) is 0 Å². The van der Waals surface area contributed by atoms with Gasteiger partial charge in [0.15, 0.2) is 0 Å². The van der Waals surface area contributed by atoms with Gasteiger partial charge >= 0.3 is 0 Å². The minimum Gasteiger partial charge on any atom is -0.384 e. The number of rotatable bonds is 4. The van der Waals surface area contributed by atoms with Gasteiger partial charge in [-0.05, 0) is 6.42 Å². The highest BCUT2D eigenvalue weighted by Crippen LogP contribution is 2.07. The van der Waals surface area contributed by atoms with Crippen molar-refractivity contribution >= 4 is 0 Å². The summed E-state index contributed by atoms with van der Waals surface area (Å²) in [6, 6.07) is 0. The average Bonchev–Trinajstić information content (AvgIpc) is 2.47. The molecule has 0 saturated carbocycles. The maximum absolute atomic E-state index is 4.93. The van der Waals surface area contributed by atoms with Crippen molar-refractivity contribution in [3.63, 3.8) is 0 Å². The summed E-state index contributed by atoms with van der Waals surface area (Å²) in [5, 5.41) is 3.87. The summed E-state index contributed by atoms with van der Waals surface area (Å²) < 4.78 is 9.76. The predicted octanol–water partition coefficient (Wildman–Crippen LogP) is 1.43. The highest BCUT2D eigenvalue weighted by molar-refractivity contribution is 5.14. The Hall–Kier alpha value is -0.830. The SMILES string of the molecule is CCc1conc1CCOC. The average molecular weight is 155 g/mol. The van der Waals surface area contributed by atoms with Crippen LogP contribution in [0, 0.1) is 0 Å². The van der Waals surface area contributed by atoms with Crippen molar-refractivity contribution in [1.82, 2.24) is 5.16 Å². The first-order valence-corrected chi connectivity index (χ1v) is 3.79. The topological polar surface area (TPSA) is 35.3 Å². The van der Waals surface area contributed by atoms with Crippen LogP contribution in [0.2, 0.25) is 0 Å². The van der Waals surface area contributed by atoms with Crippen molar-refractivity contribution in [2.45, 2.75) is 19.8 Å². The fraction of sp³-hybridized carbons (Fsp3) is 0.625. The van der Waals surface area contributed by atoms with Crippen molar-refractivity contribution in [3.8, 4) is 0 Å². The molecule has 0 amide bonds. The van der Waals surface area contributed by atoms with E-state index in [0.29, 0.717) is 6.61 Å². The summed E-state index contributed by atoms with van der Waals surface area (Å²) in [6.45, 7) is 2.79. The highest BCUT2D eigenvalue weighted by atomic mass is 16.5. The molecule has 0 atom stereocenters. The van der Waals surface area contributed by atoms with Gasteiger partial charge in [-0.25, -0.2) is 0 Å². The quantitative estimate of drug-likeness (QED) is 0.659. The third-order valence-corrected chi connectivity index (χ3v) is 1.65. The number of hydrogen-bond acceptors (Lipinski definition) is 3. The van der Waals surface area contributed by atoms with E-state index < -0.39 is 0 Å². The van der Waals surface area contributed by atoms with Crippen LogP contribution < -0.4 is 0 Å². The summed E-state index contributed by atoms with van der Waals surface area (Å²) in [5.74, 6) is 0. The lowest BCUT2D eigenvalue weighted by molar-refractivity contribution is 0.200. The molecule has 0 spiro atoms. The van der Waals surface area contributed by atoms with Crippen LogP contribution in [-0.2, 0) is 17.6 Å². The molecule has 1 aromatic heterocycles. The molecule has 3 heteroatoms. The van der Waals surface area contributed by atoms with Gasteiger partial charge in [-0.2, -0.15) is 0 Å². The normalized spacial score (nSPS) is 10.4. The van der Waals surface area contributed by atoms with Gasteiger partial charge in [-0.15, -0.1) is 0 Å². The fourth-order valence-electron chi connectivity index (χ4n) is 0.973. The Labute approximate surface area is 66.3 Å². The minimum atomic E-state index is 0.708. The largest absolute Gasteiger partial charge is 0.384 e. The third kappa shape index (κ3) is 2.05. The van der Waals surface area contributed by atoms with Gasteiger partial charge in [0.1, 0.15) is 6.26 Å². The lowest BCUT2D eigenvalue weighted by atomic mass is 10.1. The molecule has 0 unspecified atom stereocenters.